The molecule has 0 unspecified atom stereocenters. The number of rotatable bonds is 6. The van der Waals surface area contributed by atoms with Gasteiger partial charge in [0.2, 0.25) is 15.9 Å². The summed E-state index contributed by atoms with van der Waals surface area (Å²) < 4.78 is 26.8. The summed E-state index contributed by atoms with van der Waals surface area (Å²) >= 11 is 3.03. The van der Waals surface area contributed by atoms with Crippen molar-refractivity contribution in [2.45, 2.75) is 4.34 Å². The molecule has 2 heterocycles. The summed E-state index contributed by atoms with van der Waals surface area (Å²) in [6.07, 6.45) is 1.25. The lowest BCUT2D eigenvalue weighted by Crippen LogP contribution is -2.48. The lowest BCUT2D eigenvalue weighted by Gasteiger charge is -2.34. The molecule has 30 heavy (non-hydrogen) atoms. The Morgan fingerprint density at radius 3 is 2.47 bits per heavy atom. The number of benzene rings is 2. The van der Waals surface area contributed by atoms with Crippen LogP contribution in [0.1, 0.15) is 0 Å². The van der Waals surface area contributed by atoms with Crippen molar-refractivity contribution in [1.29, 1.82) is 0 Å². The van der Waals surface area contributed by atoms with Crippen molar-refractivity contribution in [3.63, 3.8) is 0 Å². The van der Waals surface area contributed by atoms with Crippen molar-refractivity contribution in [2.24, 2.45) is 0 Å². The van der Waals surface area contributed by atoms with Crippen LogP contribution in [0.5, 0.6) is 0 Å². The highest BCUT2D eigenvalue weighted by atomic mass is 32.2. The normalized spacial score (nSPS) is 15.4. The Kier molecular flexibility index (Phi) is 6.28. The number of hydrogen-bond donors (Lipinski definition) is 1. The highest BCUT2D eigenvalue weighted by Gasteiger charge is 2.23. The number of nitrogens with one attached hydrogen (secondary N) is 1. The van der Waals surface area contributed by atoms with Gasteiger partial charge in [-0.15, -0.1) is 11.3 Å². The van der Waals surface area contributed by atoms with Crippen molar-refractivity contribution < 1.29 is 13.2 Å². The average molecular weight is 463 g/mol. The molecule has 1 amide bonds. The summed E-state index contributed by atoms with van der Waals surface area (Å²) in [6.45, 7) is 2.27. The SMILES string of the molecule is CS(=O)(=O)N1CCN(c2ccc(NC(=O)CSc3nc4ccccc4s3)cc2)CC1. The van der Waals surface area contributed by atoms with E-state index in [2.05, 4.69) is 15.2 Å². The first-order valence-corrected chi connectivity index (χ1v) is 13.1. The molecule has 3 aromatic rings. The van der Waals surface area contributed by atoms with Gasteiger partial charge in [-0.1, -0.05) is 23.9 Å². The molecule has 1 aromatic heterocycles. The molecule has 10 heteroatoms. The van der Waals surface area contributed by atoms with E-state index in [0.717, 1.165) is 25.9 Å². The Morgan fingerprint density at radius 2 is 1.80 bits per heavy atom. The fourth-order valence-electron chi connectivity index (χ4n) is 3.27. The molecule has 7 nitrogen and oxygen atoms in total. The Labute approximate surface area is 184 Å². The summed E-state index contributed by atoms with van der Waals surface area (Å²) in [5.41, 5.74) is 2.71. The molecule has 1 aliphatic heterocycles. The minimum absolute atomic E-state index is 0.0752. The van der Waals surface area contributed by atoms with E-state index < -0.39 is 10.0 Å². The summed E-state index contributed by atoms with van der Waals surface area (Å²) in [7, 11) is -3.13. The van der Waals surface area contributed by atoms with Gasteiger partial charge >= 0.3 is 0 Å². The predicted octanol–water partition coefficient (Wildman–Crippen LogP) is 3.11. The molecule has 0 atom stereocenters. The smallest absolute Gasteiger partial charge is 0.234 e. The number of nitrogens with zero attached hydrogens (tertiary/aromatic N) is 3. The van der Waals surface area contributed by atoms with Gasteiger partial charge in [0.1, 0.15) is 0 Å². The van der Waals surface area contributed by atoms with Crippen LogP contribution in [0.15, 0.2) is 52.9 Å². The summed E-state index contributed by atoms with van der Waals surface area (Å²) in [5, 5.41) is 2.91. The average Bonchev–Trinajstić information content (AvgIpc) is 3.15. The number of sulfonamides is 1. The third kappa shape index (κ3) is 5.12. The maximum absolute atomic E-state index is 12.3. The van der Waals surface area contributed by atoms with Gasteiger partial charge in [0, 0.05) is 37.6 Å². The van der Waals surface area contributed by atoms with Gasteiger partial charge in [-0.2, -0.15) is 4.31 Å². The maximum Gasteiger partial charge on any atom is 0.234 e. The molecule has 158 valence electrons. The van der Waals surface area contributed by atoms with Crippen LogP contribution < -0.4 is 10.2 Å². The van der Waals surface area contributed by atoms with Crippen LogP contribution in [0, 0.1) is 0 Å². The first-order valence-electron chi connectivity index (χ1n) is 9.47. The molecule has 1 aliphatic rings. The molecule has 0 saturated carbocycles. The minimum Gasteiger partial charge on any atom is -0.369 e. The van der Waals surface area contributed by atoms with Crippen LogP contribution in [-0.2, 0) is 14.8 Å². The third-order valence-corrected chi connectivity index (χ3v) is 8.31. The van der Waals surface area contributed by atoms with Gasteiger partial charge in [-0.05, 0) is 36.4 Å². The van der Waals surface area contributed by atoms with E-state index in [1.807, 2.05) is 48.5 Å². The Morgan fingerprint density at radius 1 is 1.10 bits per heavy atom. The van der Waals surface area contributed by atoms with Gasteiger partial charge in [-0.25, -0.2) is 13.4 Å². The number of thioether (sulfide) groups is 1. The van der Waals surface area contributed by atoms with E-state index in [4.69, 9.17) is 0 Å². The van der Waals surface area contributed by atoms with E-state index in [-0.39, 0.29) is 5.91 Å². The number of hydrogen-bond acceptors (Lipinski definition) is 7. The number of aromatic nitrogens is 1. The van der Waals surface area contributed by atoms with E-state index >= 15 is 0 Å². The maximum atomic E-state index is 12.3. The van der Waals surface area contributed by atoms with Crippen LogP contribution in [0.2, 0.25) is 0 Å². The molecule has 0 bridgehead atoms. The van der Waals surface area contributed by atoms with Gasteiger partial charge in [-0.3, -0.25) is 4.79 Å². The first kappa shape index (κ1) is 21.1. The second-order valence-corrected chi connectivity index (χ2v) is 11.2. The van der Waals surface area contributed by atoms with Crippen molar-refractivity contribution in [2.75, 3.05) is 48.4 Å². The van der Waals surface area contributed by atoms with Crippen molar-refractivity contribution >= 4 is 60.6 Å². The van der Waals surface area contributed by atoms with Gasteiger partial charge in [0.15, 0.2) is 4.34 Å². The van der Waals surface area contributed by atoms with Crippen LogP contribution in [0.3, 0.4) is 0 Å². The quantitative estimate of drug-likeness (QED) is 0.567. The zero-order valence-corrected chi connectivity index (χ0v) is 18.9. The molecule has 0 aliphatic carbocycles. The van der Waals surface area contributed by atoms with Crippen LogP contribution >= 0.6 is 23.1 Å². The highest BCUT2D eigenvalue weighted by molar-refractivity contribution is 8.01. The van der Waals surface area contributed by atoms with Crippen LogP contribution in [0.25, 0.3) is 10.2 Å². The molecular weight excluding hydrogens is 440 g/mol. The van der Waals surface area contributed by atoms with Crippen LogP contribution in [-0.4, -0.2) is 61.8 Å². The van der Waals surface area contributed by atoms with E-state index in [0.29, 0.717) is 31.9 Å². The topological polar surface area (TPSA) is 82.6 Å². The number of carbonyl (C=O) groups excluding carboxylic acids is 1. The number of amides is 1. The van der Waals surface area contributed by atoms with E-state index in [1.54, 1.807) is 11.3 Å². The predicted molar refractivity (Wildman–Crippen MR) is 124 cm³/mol. The molecule has 1 fully saturated rings. The number of para-hydroxylation sites is 1. The van der Waals surface area contributed by atoms with Crippen molar-refractivity contribution in [3.05, 3.63) is 48.5 Å². The largest absolute Gasteiger partial charge is 0.369 e. The van der Waals surface area contributed by atoms with Gasteiger partial charge in [0.25, 0.3) is 0 Å². The third-order valence-electron chi connectivity index (χ3n) is 4.82. The first-order chi connectivity index (χ1) is 14.4. The summed E-state index contributed by atoms with van der Waals surface area (Å²) in [5.74, 6) is 0.225. The number of fused-ring (bicyclic) bond motifs is 1. The van der Waals surface area contributed by atoms with Gasteiger partial charge < -0.3 is 10.2 Å². The lowest BCUT2D eigenvalue weighted by atomic mass is 10.2. The van der Waals surface area contributed by atoms with E-state index in [1.165, 1.54) is 22.3 Å². The van der Waals surface area contributed by atoms with Crippen molar-refractivity contribution in [1.82, 2.24) is 9.29 Å². The number of piperazine rings is 1. The zero-order valence-electron chi connectivity index (χ0n) is 16.4. The fraction of sp³-hybridized carbons (Fsp3) is 0.300. The molecule has 1 N–H and O–H groups in total. The molecule has 0 spiro atoms. The summed E-state index contributed by atoms with van der Waals surface area (Å²) in [4.78, 5) is 19.0. The molecule has 4 rings (SSSR count). The van der Waals surface area contributed by atoms with E-state index in [9.17, 15) is 13.2 Å². The zero-order chi connectivity index (χ0) is 21.1. The molecule has 1 saturated heterocycles. The number of anilines is 2. The molecular formula is C20H22N4O3S3. The second kappa shape index (κ2) is 8.93. The van der Waals surface area contributed by atoms with Crippen LogP contribution in [0.4, 0.5) is 11.4 Å². The Bertz CT molecular complexity index is 1100. The van der Waals surface area contributed by atoms with Crippen molar-refractivity contribution in [3.8, 4) is 0 Å². The number of carbonyl (C=O) groups is 1. The Balaban J connectivity index is 1.28. The highest BCUT2D eigenvalue weighted by Crippen LogP contribution is 2.29. The standard InChI is InChI=1S/C20H22N4O3S3/c1-30(26,27)24-12-10-23(11-13-24)16-8-6-15(7-9-16)21-19(25)14-28-20-22-17-4-2-3-5-18(17)29-20/h2-9H,10-14H2,1H3,(H,21,25). The van der Waals surface area contributed by atoms with Gasteiger partial charge in [0.05, 0.1) is 22.2 Å². The lowest BCUT2D eigenvalue weighted by molar-refractivity contribution is -0.113. The minimum atomic E-state index is -3.13. The molecule has 0 radical (unpaired) electrons. The second-order valence-electron chi connectivity index (χ2n) is 6.98. The fourth-order valence-corrected chi connectivity index (χ4v) is 5.97. The monoisotopic (exact) mass is 462 g/mol. The summed E-state index contributed by atoms with van der Waals surface area (Å²) in [6, 6.07) is 15.6. The Hall–Kier alpha value is -2.14. The molecule has 2 aromatic carbocycles. The number of thiazole rings is 1.